The highest BCUT2D eigenvalue weighted by molar-refractivity contribution is 7.99. The van der Waals surface area contributed by atoms with E-state index in [1.807, 2.05) is 11.5 Å². The van der Waals surface area contributed by atoms with Gasteiger partial charge in [-0.15, -0.1) is 10.2 Å². The molecule has 3 rings (SSSR count). The van der Waals surface area contributed by atoms with E-state index >= 15 is 0 Å². The molecule has 0 aliphatic carbocycles. The lowest BCUT2D eigenvalue weighted by atomic mass is 10.3. The summed E-state index contributed by atoms with van der Waals surface area (Å²) in [6, 6.07) is 9.43. The van der Waals surface area contributed by atoms with Gasteiger partial charge in [-0.05, 0) is 44.2 Å². The third-order valence-electron chi connectivity index (χ3n) is 4.32. The number of thioether (sulfide) groups is 1. The number of rotatable bonds is 9. The number of hydrogen-bond acceptors (Lipinski definition) is 7. The summed E-state index contributed by atoms with van der Waals surface area (Å²) in [6.07, 6.45) is -0.520. The first-order chi connectivity index (χ1) is 15.3. The molecule has 0 fully saturated rings. The molecule has 1 amide bonds. The van der Waals surface area contributed by atoms with Gasteiger partial charge in [0.1, 0.15) is 11.6 Å². The molecule has 2 aromatic carbocycles. The quantitative estimate of drug-likeness (QED) is 0.264. The maximum Gasteiger partial charge on any atom is 0.269 e. The average Bonchev–Trinajstić information content (AvgIpc) is 3.17. The Balaban J connectivity index is 1.62. The van der Waals surface area contributed by atoms with Crippen molar-refractivity contribution in [3.05, 3.63) is 69.2 Å². The lowest BCUT2D eigenvalue weighted by Gasteiger charge is -2.16. The van der Waals surface area contributed by atoms with Gasteiger partial charge in [-0.25, -0.2) is 4.39 Å². The fourth-order valence-electron chi connectivity index (χ4n) is 2.81. The van der Waals surface area contributed by atoms with Crippen LogP contribution in [-0.4, -0.2) is 31.3 Å². The Morgan fingerprint density at radius 2 is 2.03 bits per heavy atom. The summed E-state index contributed by atoms with van der Waals surface area (Å²) in [5.41, 5.74) is 0.399. The minimum atomic E-state index is -0.520. The Labute approximate surface area is 192 Å². The van der Waals surface area contributed by atoms with E-state index in [1.54, 1.807) is 6.92 Å². The van der Waals surface area contributed by atoms with E-state index in [-0.39, 0.29) is 22.4 Å². The topological polar surface area (TPSA) is 112 Å². The Kier molecular flexibility index (Phi) is 7.65. The molecule has 168 valence electrons. The van der Waals surface area contributed by atoms with Gasteiger partial charge in [-0.1, -0.05) is 23.4 Å². The molecule has 1 atom stereocenters. The molecule has 1 aromatic heterocycles. The first-order valence-corrected chi connectivity index (χ1v) is 10.9. The van der Waals surface area contributed by atoms with Gasteiger partial charge in [0.05, 0.1) is 15.7 Å². The molecule has 0 radical (unpaired) electrons. The van der Waals surface area contributed by atoms with E-state index in [0.29, 0.717) is 29.0 Å². The molecule has 0 saturated heterocycles. The first kappa shape index (κ1) is 23.5. The number of hydrogen-bond donors (Lipinski definition) is 1. The van der Waals surface area contributed by atoms with Gasteiger partial charge in [0.2, 0.25) is 5.91 Å². The first-order valence-electron chi connectivity index (χ1n) is 9.50. The van der Waals surface area contributed by atoms with Crippen LogP contribution in [-0.2, 0) is 11.3 Å². The summed E-state index contributed by atoms with van der Waals surface area (Å²) in [5.74, 6) is 0.165. The molecular weight excluding hydrogens is 461 g/mol. The van der Waals surface area contributed by atoms with Gasteiger partial charge in [0, 0.05) is 24.4 Å². The smallest absolute Gasteiger partial charge is 0.269 e. The van der Waals surface area contributed by atoms with E-state index in [4.69, 9.17) is 16.3 Å². The van der Waals surface area contributed by atoms with E-state index in [2.05, 4.69) is 15.5 Å². The molecule has 1 heterocycles. The van der Waals surface area contributed by atoms with Crippen LogP contribution in [0, 0.1) is 15.9 Å². The Bertz CT molecular complexity index is 1130. The predicted octanol–water partition coefficient (Wildman–Crippen LogP) is 4.87. The van der Waals surface area contributed by atoms with E-state index in [1.165, 1.54) is 54.2 Å². The summed E-state index contributed by atoms with van der Waals surface area (Å²) < 4.78 is 20.9. The second kappa shape index (κ2) is 10.4. The van der Waals surface area contributed by atoms with Crippen molar-refractivity contribution in [3.63, 3.8) is 0 Å². The minimum absolute atomic E-state index is 0.0563. The number of halogens is 2. The number of nitro groups is 1. The van der Waals surface area contributed by atoms with Crippen molar-refractivity contribution in [3.8, 4) is 5.75 Å². The van der Waals surface area contributed by atoms with Crippen molar-refractivity contribution in [2.45, 2.75) is 31.7 Å². The van der Waals surface area contributed by atoms with Gasteiger partial charge < -0.3 is 14.6 Å². The molecule has 12 heteroatoms. The van der Waals surface area contributed by atoms with Gasteiger partial charge in [-0.3, -0.25) is 14.9 Å². The fourth-order valence-corrected chi connectivity index (χ4v) is 3.83. The monoisotopic (exact) mass is 479 g/mol. The largest absolute Gasteiger partial charge is 0.481 e. The number of nitrogens with one attached hydrogen (secondary N) is 1. The number of non-ortho nitro benzene ring substituents is 1. The highest BCUT2D eigenvalue weighted by Gasteiger charge is 2.20. The standard InChI is InChI=1S/C20H19ClFN5O4S/c1-3-26-19(12(2)31-17-9-4-13(22)10-16(17)21)24-25-20(26)32-11-18(28)23-14-5-7-15(8-6-14)27(29)30/h4-10,12H,3,11H2,1-2H3,(H,23,28). The zero-order valence-corrected chi connectivity index (χ0v) is 18.7. The Hall–Kier alpha value is -3.18. The van der Waals surface area contributed by atoms with Crippen molar-refractivity contribution in [1.82, 2.24) is 14.8 Å². The van der Waals surface area contributed by atoms with Crippen LogP contribution in [0.15, 0.2) is 47.6 Å². The van der Waals surface area contributed by atoms with Gasteiger partial charge >= 0.3 is 0 Å². The third kappa shape index (κ3) is 5.74. The molecule has 0 aliphatic rings. The molecule has 1 N–H and O–H groups in total. The van der Waals surface area contributed by atoms with Crippen LogP contribution in [0.5, 0.6) is 5.75 Å². The van der Waals surface area contributed by atoms with E-state index in [9.17, 15) is 19.3 Å². The van der Waals surface area contributed by atoms with Crippen molar-refractivity contribution < 1.29 is 18.8 Å². The average molecular weight is 480 g/mol. The van der Waals surface area contributed by atoms with Crippen LogP contribution >= 0.6 is 23.4 Å². The summed E-state index contributed by atoms with van der Waals surface area (Å²) in [6.45, 7) is 4.22. The fraction of sp³-hybridized carbons (Fsp3) is 0.250. The maximum atomic E-state index is 13.2. The number of nitro benzene ring substituents is 1. The number of anilines is 1. The van der Waals surface area contributed by atoms with Crippen molar-refractivity contribution >= 4 is 40.6 Å². The summed E-state index contributed by atoms with van der Waals surface area (Å²) >= 11 is 7.22. The lowest BCUT2D eigenvalue weighted by Crippen LogP contribution is -2.15. The highest BCUT2D eigenvalue weighted by atomic mass is 35.5. The second-order valence-electron chi connectivity index (χ2n) is 6.56. The van der Waals surface area contributed by atoms with Crippen LogP contribution in [0.1, 0.15) is 25.8 Å². The van der Waals surface area contributed by atoms with E-state index in [0.717, 1.165) is 0 Å². The maximum absolute atomic E-state index is 13.2. The molecule has 3 aromatic rings. The predicted molar refractivity (Wildman–Crippen MR) is 119 cm³/mol. The summed E-state index contributed by atoms with van der Waals surface area (Å²) in [7, 11) is 0. The second-order valence-corrected chi connectivity index (χ2v) is 7.91. The summed E-state index contributed by atoms with van der Waals surface area (Å²) in [4.78, 5) is 22.5. The SMILES string of the molecule is CCn1c(SCC(=O)Nc2ccc([N+](=O)[O-])cc2)nnc1C(C)Oc1ccc(F)cc1Cl. The molecule has 0 saturated carbocycles. The molecule has 32 heavy (non-hydrogen) atoms. The lowest BCUT2D eigenvalue weighted by molar-refractivity contribution is -0.384. The number of nitrogens with zero attached hydrogens (tertiary/aromatic N) is 4. The zero-order valence-electron chi connectivity index (χ0n) is 17.1. The molecular formula is C20H19ClFN5O4S. The van der Waals surface area contributed by atoms with Gasteiger partial charge in [0.25, 0.3) is 5.69 Å². The van der Waals surface area contributed by atoms with Gasteiger partial charge in [0.15, 0.2) is 17.1 Å². The Morgan fingerprint density at radius 1 is 1.31 bits per heavy atom. The Morgan fingerprint density at radius 3 is 2.66 bits per heavy atom. The molecule has 0 aliphatic heterocycles. The van der Waals surface area contributed by atoms with Crippen molar-refractivity contribution in [2.75, 3.05) is 11.1 Å². The molecule has 0 spiro atoms. The summed E-state index contributed by atoms with van der Waals surface area (Å²) in [5, 5.41) is 22.4. The van der Waals surface area contributed by atoms with Crippen LogP contribution < -0.4 is 10.1 Å². The number of aromatic nitrogens is 3. The minimum Gasteiger partial charge on any atom is -0.481 e. The third-order valence-corrected chi connectivity index (χ3v) is 5.58. The van der Waals surface area contributed by atoms with Crippen molar-refractivity contribution in [1.29, 1.82) is 0 Å². The number of carbonyl (C=O) groups excluding carboxylic acids is 1. The van der Waals surface area contributed by atoms with Crippen molar-refractivity contribution in [2.24, 2.45) is 0 Å². The normalized spacial score (nSPS) is 11.8. The highest BCUT2D eigenvalue weighted by Crippen LogP contribution is 2.30. The number of ether oxygens (including phenoxy) is 1. The molecule has 0 bridgehead atoms. The van der Waals surface area contributed by atoms with Gasteiger partial charge in [-0.2, -0.15) is 0 Å². The number of amides is 1. The number of benzene rings is 2. The number of carbonyl (C=O) groups is 1. The van der Waals surface area contributed by atoms with Crippen LogP contribution in [0.25, 0.3) is 0 Å². The van der Waals surface area contributed by atoms with E-state index < -0.39 is 16.8 Å². The zero-order chi connectivity index (χ0) is 23.3. The van der Waals surface area contributed by atoms with Crippen LogP contribution in [0.3, 0.4) is 0 Å². The molecule has 1 unspecified atom stereocenters. The van der Waals surface area contributed by atoms with Crippen LogP contribution in [0.4, 0.5) is 15.8 Å². The molecule has 9 nitrogen and oxygen atoms in total. The van der Waals surface area contributed by atoms with Crippen LogP contribution in [0.2, 0.25) is 5.02 Å².